The average Bonchev–Trinajstić information content (AvgIpc) is 2.82. The minimum atomic E-state index is -3.20. The van der Waals surface area contributed by atoms with Gasteiger partial charge < -0.3 is 9.84 Å². The molecule has 0 aromatic rings. The van der Waals surface area contributed by atoms with E-state index in [4.69, 9.17) is 4.74 Å². The smallest absolute Gasteiger partial charge is 0.216 e. The van der Waals surface area contributed by atoms with Crippen LogP contribution >= 0.6 is 0 Å². The van der Waals surface area contributed by atoms with Gasteiger partial charge in [0.2, 0.25) is 10.0 Å². The molecule has 0 amide bonds. The Morgan fingerprint density at radius 3 is 2.76 bits per heavy atom. The second-order valence-electron chi connectivity index (χ2n) is 4.90. The normalized spacial score (nSPS) is 34.1. The Kier molecular flexibility index (Phi) is 4.07. The van der Waals surface area contributed by atoms with Crippen LogP contribution in [0.1, 0.15) is 19.8 Å². The molecule has 1 heterocycles. The van der Waals surface area contributed by atoms with Crippen molar-refractivity contribution in [2.45, 2.75) is 25.9 Å². The van der Waals surface area contributed by atoms with Crippen molar-refractivity contribution < 1.29 is 18.3 Å². The minimum absolute atomic E-state index is 0.0520. The molecule has 1 aliphatic heterocycles. The molecule has 6 heteroatoms. The second kappa shape index (κ2) is 5.22. The van der Waals surface area contributed by atoms with Gasteiger partial charge in [0.15, 0.2) is 0 Å². The third-order valence-electron chi connectivity index (χ3n) is 3.87. The van der Waals surface area contributed by atoms with Crippen LogP contribution in [0.15, 0.2) is 0 Å². The first-order valence-electron chi connectivity index (χ1n) is 6.28. The number of hydrogen-bond donors (Lipinski definition) is 1. The first-order valence-corrected chi connectivity index (χ1v) is 7.89. The van der Waals surface area contributed by atoms with Gasteiger partial charge in [-0.15, -0.1) is 0 Å². The summed E-state index contributed by atoms with van der Waals surface area (Å²) in [7, 11) is -3.20. The topological polar surface area (TPSA) is 66.8 Å². The van der Waals surface area contributed by atoms with Gasteiger partial charge >= 0.3 is 0 Å². The summed E-state index contributed by atoms with van der Waals surface area (Å²) < 4.78 is 30.6. The zero-order chi connectivity index (χ0) is 12.5. The number of aliphatic hydroxyl groups excluding tert-OH is 1. The number of sulfonamides is 1. The largest absolute Gasteiger partial charge is 0.393 e. The molecule has 2 fully saturated rings. The fourth-order valence-corrected chi connectivity index (χ4v) is 4.27. The summed E-state index contributed by atoms with van der Waals surface area (Å²) in [5.74, 6) is 0.555. The summed E-state index contributed by atoms with van der Waals surface area (Å²) in [5, 5.41) is 9.75. The van der Waals surface area contributed by atoms with Crippen LogP contribution in [-0.2, 0) is 14.8 Å². The lowest BCUT2D eigenvalue weighted by atomic mass is 10.00. The molecule has 1 aliphatic carbocycles. The zero-order valence-corrected chi connectivity index (χ0v) is 11.0. The molecule has 100 valence electrons. The lowest BCUT2D eigenvalue weighted by Gasteiger charge is -2.18. The van der Waals surface area contributed by atoms with Gasteiger partial charge in [0.05, 0.1) is 18.5 Å². The van der Waals surface area contributed by atoms with Crippen LogP contribution < -0.4 is 0 Å². The van der Waals surface area contributed by atoms with Crippen LogP contribution in [0.4, 0.5) is 0 Å². The second-order valence-corrected chi connectivity index (χ2v) is 6.99. The highest BCUT2D eigenvalue weighted by Gasteiger charge is 2.45. The molecule has 0 radical (unpaired) electrons. The van der Waals surface area contributed by atoms with Crippen molar-refractivity contribution in [2.75, 3.05) is 32.1 Å². The molecular weight excluding hydrogens is 242 g/mol. The Morgan fingerprint density at radius 2 is 2.12 bits per heavy atom. The molecule has 3 unspecified atom stereocenters. The quantitative estimate of drug-likeness (QED) is 0.712. The zero-order valence-electron chi connectivity index (χ0n) is 10.2. The molecule has 1 saturated heterocycles. The molecule has 1 saturated carbocycles. The minimum Gasteiger partial charge on any atom is -0.393 e. The highest BCUT2D eigenvalue weighted by molar-refractivity contribution is 7.89. The number of hydrogen-bond acceptors (Lipinski definition) is 4. The van der Waals surface area contributed by atoms with Crippen LogP contribution in [-0.4, -0.2) is 56.0 Å². The van der Waals surface area contributed by atoms with E-state index in [-0.39, 0.29) is 24.4 Å². The van der Waals surface area contributed by atoms with E-state index in [1.54, 1.807) is 0 Å². The predicted molar refractivity (Wildman–Crippen MR) is 64.1 cm³/mol. The first kappa shape index (κ1) is 13.3. The first-order chi connectivity index (χ1) is 8.04. The van der Waals surface area contributed by atoms with Gasteiger partial charge in [0.1, 0.15) is 0 Å². The lowest BCUT2D eigenvalue weighted by molar-refractivity contribution is 0.129. The highest BCUT2D eigenvalue weighted by atomic mass is 32.2. The number of ether oxygens (including phenoxy) is 1. The van der Waals surface area contributed by atoms with Crippen molar-refractivity contribution >= 4 is 10.0 Å². The third kappa shape index (κ3) is 2.81. The van der Waals surface area contributed by atoms with Crippen LogP contribution in [0, 0.1) is 11.8 Å². The monoisotopic (exact) mass is 263 g/mol. The van der Waals surface area contributed by atoms with Crippen molar-refractivity contribution in [1.29, 1.82) is 0 Å². The van der Waals surface area contributed by atoms with E-state index in [2.05, 4.69) is 0 Å². The van der Waals surface area contributed by atoms with Gasteiger partial charge in [-0.3, -0.25) is 0 Å². The molecular formula is C11H21NO4S. The van der Waals surface area contributed by atoms with Gasteiger partial charge in [-0.25, -0.2) is 12.7 Å². The van der Waals surface area contributed by atoms with E-state index in [9.17, 15) is 13.5 Å². The highest BCUT2D eigenvalue weighted by Crippen LogP contribution is 2.39. The Bertz CT molecular complexity index is 356. The number of aliphatic hydroxyl groups is 1. The number of fused-ring (bicyclic) bond motifs is 1. The average molecular weight is 263 g/mol. The summed E-state index contributed by atoms with van der Waals surface area (Å²) in [6.07, 6.45) is 1.46. The van der Waals surface area contributed by atoms with Crippen LogP contribution in [0.2, 0.25) is 0 Å². The third-order valence-corrected chi connectivity index (χ3v) is 5.64. The van der Waals surface area contributed by atoms with E-state index in [0.29, 0.717) is 25.6 Å². The molecule has 0 spiro atoms. The summed E-state index contributed by atoms with van der Waals surface area (Å²) in [6.45, 7) is 3.71. The maximum Gasteiger partial charge on any atom is 0.216 e. The molecule has 1 N–H and O–H groups in total. The van der Waals surface area contributed by atoms with E-state index in [0.717, 1.165) is 12.8 Å². The SMILES string of the molecule is CCOCCS(=O)(=O)N1CC2CCC(O)C2C1. The van der Waals surface area contributed by atoms with Crippen LogP contribution in [0.25, 0.3) is 0 Å². The molecule has 2 rings (SSSR count). The van der Waals surface area contributed by atoms with Crippen molar-refractivity contribution in [2.24, 2.45) is 11.8 Å². The van der Waals surface area contributed by atoms with Crippen molar-refractivity contribution in [3.63, 3.8) is 0 Å². The number of rotatable bonds is 5. The fourth-order valence-electron chi connectivity index (χ4n) is 2.86. The van der Waals surface area contributed by atoms with Gasteiger partial charge in [0.25, 0.3) is 0 Å². The standard InChI is InChI=1S/C11H21NO4S/c1-2-16-5-6-17(14,15)12-7-9-3-4-11(13)10(9)8-12/h9-11,13H,2-8H2,1H3. The summed E-state index contributed by atoms with van der Waals surface area (Å²) in [4.78, 5) is 0. The summed E-state index contributed by atoms with van der Waals surface area (Å²) >= 11 is 0. The van der Waals surface area contributed by atoms with E-state index in [1.165, 1.54) is 4.31 Å². The summed E-state index contributed by atoms with van der Waals surface area (Å²) in [6, 6.07) is 0. The van der Waals surface area contributed by atoms with E-state index in [1.807, 2.05) is 6.92 Å². The Labute approximate surface area is 103 Å². The Morgan fingerprint density at radius 1 is 1.35 bits per heavy atom. The fraction of sp³-hybridized carbons (Fsp3) is 1.00. The maximum atomic E-state index is 12.0. The van der Waals surface area contributed by atoms with Crippen LogP contribution in [0.3, 0.4) is 0 Å². The van der Waals surface area contributed by atoms with E-state index >= 15 is 0 Å². The van der Waals surface area contributed by atoms with Gasteiger partial charge in [0, 0.05) is 25.6 Å². The molecule has 3 atom stereocenters. The van der Waals surface area contributed by atoms with Gasteiger partial charge in [-0.1, -0.05) is 0 Å². The van der Waals surface area contributed by atoms with Crippen molar-refractivity contribution in [3.8, 4) is 0 Å². The molecule has 0 aromatic heterocycles. The maximum absolute atomic E-state index is 12.0. The predicted octanol–water partition coefficient (Wildman–Crippen LogP) is 0.0554. The lowest BCUT2D eigenvalue weighted by Crippen LogP contribution is -2.34. The summed E-state index contributed by atoms with van der Waals surface area (Å²) in [5.41, 5.74) is 0. The Hall–Kier alpha value is -0.170. The molecule has 5 nitrogen and oxygen atoms in total. The number of nitrogens with zero attached hydrogens (tertiary/aromatic N) is 1. The van der Waals surface area contributed by atoms with Crippen molar-refractivity contribution in [1.82, 2.24) is 4.31 Å². The van der Waals surface area contributed by atoms with Crippen molar-refractivity contribution in [3.05, 3.63) is 0 Å². The molecule has 0 aromatic carbocycles. The van der Waals surface area contributed by atoms with Crippen LogP contribution in [0.5, 0.6) is 0 Å². The van der Waals surface area contributed by atoms with Gasteiger partial charge in [-0.2, -0.15) is 0 Å². The van der Waals surface area contributed by atoms with E-state index < -0.39 is 10.0 Å². The Balaban J connectivity index is 1.91. The molecule has 17 heavy (non-hydrogen) atoms. The van der Waals surface area contributed by atoms with Gasteiger partial charge in [-0.05, 0) is 25.7 Å². The molecule has 2 aliphatic rings. The molecule has 0 bridgehead atoms.